The molecule has 8 heteroatoms. The second kappa shape index (κ2) is 7.96. The summed E-state index contributed by atoms with van der Waals surface area (Å²) < 4.78 is 37.6. The molecule has 144 valence electrons. The maximum Gasteiger partial charge on any atom is 0.417 e. The fourth-order valence-electron chi connectivity index (χ4n) is 3.19. The van der Waals surface area contributed by atoms with Crippen molar-refractivity contribution in [1.82, 2.24) is 4.98 Å². The molecular weight excluding hydrogens is 357 g/mol. The van der Waals surface area contributed by atoms with Crippen LogP contribution in [0.25, 0.3) is 0 Å². The molecule has 0 bridgehead atoms. The van der Waals surface area contributed by atoms with Gasteiger partial charge in [0.25, 0.3) is 0 Å². The van der Waals surface area contributed by atoms with Gasteiger partial charge in [0, 0.05) is 30.0 Å². The first-order valence-electron chi connectivity index (χ1n) is 8.77. The van der Waals surface area contributed by atoms with Crippen LogP contribution in [-0.4, -0.2) is 16.9 Å². The summed E-state index contributed by atoms with van der Waals surface area (Å²) in [6, 6.07) is 9.21. The molecule has 1 heterocycles. The van der Waals surface area contributed by atoms with Crippen molar-refractivity contribution >= 4 is 23.1 Å². The largest absolute Gasteiger partial charge is 0.417 e. The Labute approximate surface area is 155 Å². The quantitative estimate of drug-likeness (QED) is 0.725. The molecule has 2 aromatic rings. The Morgan fingerprint density at radius 3 is 2.37 bits per heavy atom. The Bertz CT molecular complexity index is 775. The summed E-state index contributed by atoms with van der Waals surface area (Å²) in [5.41, 5.74) is 6.49. The number of rotatable bonds is 5. The summed E-state index contributed by atoms with van der Waals surface area (Å²) in [5.74, 6) is 0.467. The smallest absolute Gasteiger partial charge is 0.340 e. The third-order valence-electron chi connectivity index (χ3n) is 4.70. The highest BCUT2D eigenvalue weighted by molar-refractivity contribution is 5.91. The third kappa shape index (κ3) is 5.19. The zero-order chi connectivity index (χ0) is 19.4. The fraction of sp³-hybridized carbons (Fsp3) is 0.368. The number of nitrogens with two attached hydrogens (primary N) is 1. The molecule has 1 amide bonds. The molecule has 0 unspecified atom stereocenters. The van der Waals surface area contributed by atoms with E-state index in [0.29, 0.717) is 23.6 Å². The highest BCUT2D eigenvalue weighted by Gasteiger charge is 2.30. The highest BCUT2D eigenvalue weighted by Crippen LogP contribution is 2.29. The lowest BCUT2D eigenvalue weighted by Crippen LogP contribution is -2.28. The van der Waals surface area contributed by atoms with E-state index < -0.39 is 11.7 Å². The van der Waals surface area contributed by atoms with Crippen LogP contribution >= 0.6 is 0 Å². The monoisotopic (exact) mass is 378 g/mol. The Balaban J connectivity index is 1.54. The van der Waals surface area contributed by atoms with Crippen molar-refractivity contribution < 1.29 is 18.0 Å². The molecule has 2 atom stereocenters. The maximum atomic E-state index is 12.5. The summed E-state index contributed by atoms with van der Waals surface area (Å²) in [6.07, 6.45) is -0.194. The molecule has 1 aliphatic carbocycles. The number of aromatic nitrogens is 1. The Morgan fingerprint density at radius 2 is 1.81 bits per heavy atom. The molecule has 1 fully saturated rings. The minimum Gasteiger partial charge on any atom is -0.340 e. The van der Waals surface area contributed by atoms with E-state index in [2.05, 4.69) is 15.6 Å². The number of carbonyl (C=O) groups excluding carboxylic acids is 1. The van der Waals surface area contributed by atoms with Crippen molar-refractivity contribution in [2.75, 3.05) is 10.6 Å². The molecule has 27 heavy (non-hydrogen) atoms. The standard InChI is InChI=1S/C19H21F3N4O/c20-19(21,22)13-4-9-17(24-11-13)25-14-5-7-15(8-6-14)26-18(27)10-12-2-1-3-16(12)23/h4-9,11-12,16H,1-3,10,23H2,(H,24,25)(H,26,27)/t12-,16+/m0/s1. The number of hydrogen-bond donors (Lipinski definition) is 3. The van der Waals surface area contributed by atoms with Crippen LogP contribution in [0, 0.1) is 5.92 Å². The molecule has 1 saturated carbocycles. The van der Waals surface area contributed by atoms with E-state index >= 15 is 0 Å². The second-order valence-corrected chi connectivity index (χ2v) is 6.74. The maximum absolute atomic E-state index is 12.5. The highest BCUT2D eigenvalue weighted by atomic mass is 19.4. The molecule has 0 spiro atoms. The molecule has 0 aliphatic heterocycles. The average Bonchev–Trinajstić information content (AvgIpc) is 3.01. The van der Waals surface area contributed by atoms with Crippen molar-refractivity contribution in [3.8, 4) is 0 Å². The molecule has 1 aromatic heterocycles. The molecule has 4 N–H and O–H groups in total. The number of nitrogens with zero attached hydrogens (tertiary/aromatic N) is 1. The SMILES string of the molecule is N[C@@H]1CCC[C@H]1CC(=O)Nc1ccc(Nc2ccc(C(F)(F)F)cn2)cc1. The van der Waals surface area contributed by atoms with Gasteiger partial charge in [-0.05, 0) is 55.2 Å². The van der Waals surface area contributed by atoms with Gasteiger partial charge in [0.2, 0.25) is 5.91 Å². The van der Waals surface area contributed by atoms with Crippen LogP contribution in [0.15, 0.2) is 42.6 Å². The second-order valence-electron chi connectivity index (χ2n) is 6.74. The summed E-state index contributed by atoms with van der Waals surface area (Å²) in [6.45, 7) is 0. The van der Waals surface area contributed by atoms with E-state index in [0.717, 1.165) is 31.5 Å². The number of nitrogens with one attached hydrogen (secondary N) is 2. The van der Waals surface area contributed by atoms with Crippen LogP contribution < -0.4 is 16.4 Å². The molecule has 5 nitrogen and oxygen atoms in total. The Morgan fingerprint density at radius 1 is 1.11 bits per heavy atom. The van der Waals surface area contributed by atoms with E-state index in [1.54, 1.807) is 24.3 Å². The number of alkyl halides is 3. The zero-order valence-electron chi connectivity index (χ0n) is 14.6. The van der Waals surface area contributed by atoms with Crippen molar-refractivity contribution in [3.05, 3.63) is 48.2 Å². The molecule has 0 radical (unpaired) electrons. The normalized spacial score (nSPS) is 19.7. The van der Waals surface area contributed by atoms with Gasteiger partial charge in [-0.25, -0.2) is 4.98 Å². The number of amides is 1. The first kappa shape index (κ1) is 19.2. The minimum absolute atomic E-state index is 0.0672. The number of anilines is 3. The van der Waals surface area contributed by atoms with Crippen molar-refractivity contribution in [1.29, 1.82) is 0 Å². The lowest BCUT2D eigenvalue weighted by molar-refractivity contribution is -0.137. The lowest BCUT2D eigenvalue weighted by Gasteiger charge is -2.15. The van der Waals surface area contributed by atoms with Crippen LogP contribution in [0.4, 0.5) is 30.4 Å². The number of benzene rings is 1. The van der Waals surface area contributed by atoms with Crippen LogP contribution in [0.2, 0.25) is 0 Å². The summed E-state index contributed by atoms with van der Waals surface area (Å²) >= 11 is 0. The van der Waals surface area contributed by atoms with Crippen molar-refractivity contribution in [2.24, 2.45) is 11.7 Å². The average molecular weight is 378 g/mol. The number of hydrogen-bond acceptors (Lipinski definition) is 4. The summed E-state index contributed by atoms with van der Waals surface area (Å²) in [5, 5.41) is 5.76. The molecule has 1 aromatic carbocycles. The lowest BCUT2D eigenvalue weighted by atomic mass is 10.00. The van der Waals surface area contributed by atoms with Gasteiger partial charge in [-0.2, -0.15) is 13.2 Å². The van der Waals surface area contributed by atoms with Gasteiger partial charge in [0.05, 0.1) is 5.56 Å². The summed E-state index contributed by atoms with van der Waals surface area (Å²) in [4.78, 5) is 15.9. The number of pyridine rings is 1. The minimum atomic E-state index is -4.41. The summed E-state index contributed by atoms with van der Waals surface area (Å²) in [7, 11) is 0. The predicted molar refractivity (Wildman–Crippen MR) is 97.5 cm³/mol. The van der Waals surface area contributed by atoms with Crippen LogP contribution in [0.3, 0.4) is 0 Å². The molecule has 3 rings (SSSR count). The van der Waals surface area contributed by atoms with E-state index in [9.17, 15) is 18.0 Å². The van der Waals surface area contributed by atoms with Gasteiger partial charge in [-0.1, -0.05) is 6.42 Å². The van der Waals surface area contributed by atoms with E-state index in [4.69, 9.17) is 5.73 Å². The first-order chi connectivity index (χ1) is 12.8. The van der Waals surface area contributed by atoms with Gasteiger partial charge in [-0.3, -0.25) is 4.79 Å². The Kier molecular flexibility index (Phi) is 5.65. The number of halogens is 3. The van der Waals surface area contributed by atoms with E-state index in [-0.39, 0.29) is 17.9 Å². The predicted octanol–water partition coefficient (Wildman–Crippen LogP) is 4.30. The van der Waals surface area contributed by atoms with E-state index in [1.165, 1.54) is 6.07 Å². The van der Waals surface area contributed by atoms with Gasteiger partial charge in [0.15, 0.2) is 0 Å². The number of carbonyl (C=O) groups is 1. The fourth-order valence-corrected chi connectivity index (χ4v) is 3.19. The van der Waals surface area contributed by atoms with Crippen molar-refractivity contribution in [3.63, 3.8) is 0 Å². The van der Waals surface area contributed by atoms with E-state index in [1.807, 2.05) is 0 Å². The van der Waals surface area contributed by atoms with Gasteiger partial charge >= 0.3 is 6.18 Å². The van der Waals surface area contributed by atoms with Crippen molar-refractivity contribution in [2.45, 2.75) is 37.9 Å². The Hall–Kier alpha value is -2.61. The first-order valence-corrected chi connectivity index (χ1v) is 8.77. The van der Waals surface area contributed by atoms with Crippen LogP contribution in [0.5, 0.6) is 0 Å². The van der Waals surface area contributed by atoms with Gasteiger partial charge in [0.1, 0.15) is 5.82 Å². The van der Waals surface area contributed by atoms with Crippen LogP contribution in [-0.2, 0) is 11.0 Å². The molecular formula is C19H21F3N4O. The molecule has 0 saturated heterocycles. The third-order valence-corrected chi connectivity index (χ3v) is 4.70. The topological polar surface area (TPSA) is 80.0 Å². The zero-order valence-corrected chi connectivity index (χ0v) is 14.6. The molecule has 1 aliphatic rings. The van der Waals surface area contributed by atoms with Gasteiger partial charge < -0.3 is 16.4 Å². The van der Waals surface area contributed by atoms with Crippen LogP contribution in [0.1, 0.15) is 31.2 Å². The van der Waals surface area contributed by atoms with Gasteiger partial charge in [-0.15, -0.1) is 0 Å².